The van der Waals surface area contributed by atoms with Crippen LogP contribution in [-0.2, 0) is 5.41 Å². The van der Waals surface area contributed by atoms with Crippen LogP contribution in [0.4, 0.5) is 5.69 Å². The number of nitrogens with zero attached hydrogens (tertiary/aromatic N) is 2. The third-order valence-electron chi connectivity index (χ3n) is 11.2. The zero-order valence-electron chi connectivity index (χ0n) is 34.0. The molecule has 5 nitrogen and oxygen atoms in total. The molecule has 0 saturated carbocycles. The summed E-state index contributed by atoms with van der Waals surface area (Å²) in [4.78, 5) is 0. The Balaban J connectivity index is 0.000000139. The average Bonchev–Trinajstić information content (AvgIpc) is 3.87. The zero-order chi connectivity index (χ0) is 41.1. The molecule has 0 fully saturated rings. The molecule has 1 aliphatic carbocycles. The van der Waals surface area contributed by atoms with E-state index in [9.17, 15) is 0 Å². The van der Waals surface area contributed by atoms with Gasteiger partial charge in [0.25, 0.3) is 0 Å². The highest BCUT2D eigenvalue weighted by Gasteiger charge is 2.37. The molecule has 0 spiro atoms. The van der Waals surface area contributed by atoms with Gasteiger partial charge in [-0.1, -0.05) is 159 Å². The van der Waals surface area contributed by atoms with E-state index in [0.717, 1.165) is 22.4 Å². The first-order valence-electron chi connectivity index (χ1n) is 19.9. The van der Waals surface area contributed by atoms with Gasteiger partial charge in [0.05, 0.1) is 11.0 Å². The Kier molecular flexibility index (Phi) is 10.6. The normalized spacial score (nSPS) is 12.1. The van der Waals surface area contributed by atoms with E-state index in [0.29, 0.717) is 0 Å². The van der Waals surface area contributed by atoms with Crippen LogP contribution in [0.3, 0.4) is 0 Å². The Morgan fingerprint density at radius 2 is 1.17 bits per heavy atom. The number of para-hydroxylation sites is 3. The van der Waals surface area contributed by atoms with Crippen molar-refractivity contribution in [2.24, 2.45) is 10.9 Å². The quantitative estimate of drug-likeness (QED) is 0.0795. The number of rotatable bonds is 2. The molecule has 0 atom stereocenters. The summed E-state index contributed by atoms with van der Waals surface area (Å²) in [6.07, 6.45) is 0. The van der Waals surface area contributed by atoms with E-state index in [2.05, 4.69) is 196 Å². The third-order valence-corrected chi connectivity index (χ3v) is 11.2. The molecule has 8 aromatic carbocycles. The van der Waals surface area contributed by atoms with E-state index in [1.807, 2.05) is 36.4 Å². The fraction of sp³-hybridized carbons (Fsp3) is 0.0926. The van der Waals surface area contributed by atoms with Gasteiger partial charge in [-0.2, -0.15) is 5.10 Å². The molecule has 1 aliphatic rings. The van der Waals surface area contributed by atoms with Crippen LogP contribution in [-0.4, -0.2) is 11.3 Å². The van der Waals surface area contributed by atoms with Gasteiger partial charge in [-0.25, -0.2) is 0 Å². The van der Waals surface area contributed by atoms with Gasteiger partial charge >= 0.3 is 0 Å². The van der Waals surface area contributed by atoms with Crippen molar-refractivity contribution in [2.45, 2.75) is 33.1 Å². The number of hydrazone groups is 1. The summed E-state index contributed by atoms with van der Waals surface area (Å²) >= 11 is 0. The summed E-state index contributed by atoms with van der Waals surface area (Å²) in [7, 11) is 0. The molecule has 2 aromatic heterocycles. The predicted molar refractivity (Wildman–Crippen MR) is 252 cm³/mol. The molecule has 0 radical (unpaired) electrons. The fourth-order valence-corrected chi connectivity index (χ4v) is 8.51. The molecule has 10 aromatic rings. The highest BCUT2D eigenvalue weighted by Crippen LogP contribution is 2.53. The second kappa shape index (κ2) is 16.2. The van der Waals surface area contributed by atoms with Crippen LogP contribution in [0.2, 0.25) is 0 Å². The van der Waals surface area contributed by atoms with Gasteiger partial charge in [-0.3, -0.25) is 0 Å². The van der Waals surface area contributed by atoms with Crippen LogP contribution in [0.25, 0.3) is 71.7 Å². The number of hydrogen-bond acceptors (Lipinski definition) is 4. The molecular weight excluding hydrogens is 721 g/mol. The van der Waals surface area contributed by atoms with Crippen molar-refractivity contribution >= 4 is 56.1 Å². The summed E-state index contributed by atoms with van der Waals surface area (Å²) in [5, 5.41) is 7.84. The van der Waals surface area contributed by atoms with E-state index in [1.54, 1.807) is 0 Å². The van der Waals surface area contributed by atoms with Gasteiger partial charge in [0.2, 0.25) is 0 Å². The lowest BCUT2D eigenvalue weighted by Gasteiger charge is -2.22. The Hall–Kier alpha value is -7.37. The van der Waals surface area contributed by atoms with E-state index >= 15 is 0 Å². The van der Waals surface area contributed by atoms with Crippen molar-refractivity contribution < 1.29 is 4.42 Å². The van der Waals surface area contributed by atoms with Crippen LogP contribution >= 0.6 is 0 Å². The van der Waals surface area contributed by atoms with Gasteiger partial charge < -0.3 is 20.6 Å². The summed E-state index contributed by atoms with van der Waals surface area (Å²) in [6.45, 7) is 11.9. The molecule has 0 unspecified atom stereocenters. The third kappa shape index (κ3) is 7.24. The molecule has 2 heterocycles. The van der Waals surface area contributed by atoms with Crippen molar-refractivity contribution in [3.05, 3.63) is 204 Å². The number of benzene rings is 8. The average molecular weight is 769 g/mol. The van der Waals surface area contributed by atoms with Crippen molar-refractivity contribution in [3.63, 3.8) is 0 Å². The molecule has 4 N–H and O–H groups in total. The fourth-order valence-electron chi connectivity index (χ4n) is 8.51. The number of anilines is 1. The number of fused-ring (bicyclic) bond motifs is 10. The minimum atomic E-state index is -0.0202. The lowest BCUT2D eigenvalue weighted by Crippen LogP contribution is -2.15. The van der Waals surface area contributed by atoms with Crippen molar-refractivity contribution in [2.75, 3.05) is 5.73 Å². The molecule has 0 bridgehead atoms. The van der Waals surface area contributed by atoms with Crippen molar-refractivity contribution in [3.8, 4) is 27.9 Å². The van der Waals surface area contributed by atoms with E-state index < -0.39 is 0 Å². The van der Waals surface area contributed by atoms with Crippen molar-refractivity contribution in [1.29, 1.82) is 0 Å². The lowest BCUT2D eigenvalue weighted by molar-refractivity contribution is 0.666. The first-order valence-corrected chi connectivity index (χ1v) is 19.9. The topological polar surface area (TPSA) is 82.5 Å². The predicted octanol–water partition coefficient (Wildman–Crippen LogP) is 13.8. The molecular formula is C54H48N4O. The standard InChI is InChI=1S/C28H23N.C19H14O.C6H7N.CH4N2/c1-18-12-14-19(15-13-18)29-24-11-7-5-9-22(24)26-25(29)17-16-21-20-8-4-6-10-23(20)28(2,3)27(21)26;1-13-10-11-16-17-9-5-8-15(14-6-3-2-4-7-14)19(17)20-18(16)12-13;7-6-4-2-1-3-5-6;1-3-2/h4-17H,1-3H3;2-12H,1H3;1-5H,7H2;1-2H2. The Bertz CT molecular complexity index is 3070. The Morgan fingerprint density at radius 1 is 0.559 bits per heavy atom. The van der Waals surface area contributed by atoms with Crippen LogP contribution in [0.5, 0.6) is 0 Å². The van der Waals surface area contributed by atoms with E-state index in [1.165, 1.54) is 77.2 Å². The Morgan fingerprint density at radius 3 is 1.88 bits per heavy atom. The van der Waals surface area contributed by atoms with Gasteiger partial charge in [-0.05, 0) is 89.7 Å². The first-order chi connectivity index (χ1) is 28.7. The summed E-state index contributed by atoms with van der Waals surface area (Å²) < 4.78 is 8.54. The van der Waals surface area contributed by atoms with Crippen molar-refractivity contribution in [1.82, 2.24) is 4.57 Å². The maximum atomic E-state index is 6.12. The molecule has 0 saturated heterocycles. The number of nitrogen functional groups attached to an aromatic ring is 1. The monoisotopic (exact) mass is 768 g/mol. The van der Waals surface area contributed by atoms with Gasteiger partial charge in [0.15, 0.2) is 0 Å². The minimum absolute atomic E-state index is 0.0202. The largest absolute Gasteiger partial charge is 0.455 e. The smallest absolute Gasteiger partial charge is 0.143 e. The maximum Gasteiger partial charge on any atom is 0.143 e. The number of nitrogens with two attached hydrogens (primary N) is 2. The number of hydrogen-bond donors (Lipinski definition) is 2. The molecule has 290 valence electrons. The molecule has 11 rings (SSSR count). The molecule has 59 heavy (non-hydrogen) atoms. The first kappa shape index (κ1) is 38.5. The SMILES string of the molecule is C=NN.Cc1ccc(-n2c3ccccc3c3c4c(ccc32)-c2ccccc2C4(C)C)cc1.Cc1ccc2c(c1)oc1c(-c3ccccc3)cccc12.Nc1ccccc1. The zero-order valence-corrected chi connectivity index (χ0v) is 34.0. The number of aromatic nitrogens is 1. The number of aryl methyl sites for hydroxylation is 2. The molecule has 0 aliphatic heterocycles. The highest BCUT2D eigenvalue weighted by atomic mass is 16.3. The second-order valence-electron chi connectivity index (χ2n) is 15.5. The summed E-state index contributed by atoms with van der Waals surface area (Å²) in [6, 6.07) is 63.8. The maximum absolute atomic E-state index is 6.12. The van der Waals surface area contributed by atoms with Crippen LogP contribution in [0, 0.1) is 13.8 Å². The summed E-state index contributed by atoms with van der Waals surface area (Å²) in [5.74, 6) is 4.36. The van der Waals surface area contributed by atoms with Gasteiger partial charge in [-0.15, -0.1) is 0 Å². The van der Waals surface area contributed by atoms with Crippen LogP contribution in [0.15, 0.2) is 192 Å². The van der Waals surface area contributed by atoms with Gasteiger partial charge in [0.1, 0.15) is 11.2 Å². The second-order valence-corrected chi connectivity index (χ2v) is 15.5. The highest BCUT2D eigenvalue weighted by molar-refractivity contribution is 6.14. The van der Waals surface area contributed by atoms with Crippen LogP contribution < -0.4 is 11.6 Å². The van der Waals surface area contributed by atoms with Gasteiger partial charge in [0, 0.05) is 50.6 Å². The molecule has 5 heteroatoms. The van der Waals surface area contributed by atoms with Crippen LogP contribution in [0.1, 0.15) is 36.1 Å². The number of furan rings is 1. The minimum Gasteiger partial charge on any atom is -0.455 e. The lowest BCUT2D eigenvalue weighted by atomic mass is 9.80. The van der Waals surface area contributed by atoms with E-state index in [-0.39, 0.29) is 5.41 Å². The Labute approximate surface area is 345 Å². The summed E-state index contributed by atoms with van der Waals surface area (Å²) in [5.41, 5.74) is 22.3. The molecule has 0 amide bonds. The van der Waals surface area contributed by atoms with E-state index in [4.69, 9.17) is 10.2 Å².